The van der Waals surface area contributed by atoms with Gasteiger partial charge in [0.2, 0.25) is 0 Å². The van der Waals surface area contributed by atoms with E-state index in [1.54, 1.807) is 23.9 Å². The third-order valence-corrected chi connectivity index (χ3v) is 2.98. The number of aryl methyl sites for hydroxylation is 1. The van der Waals surface area contributed by atoms with E-state index in [2.05, 4.69) is 26.0 Å². The van der Waals surface area contributed by atoms with Gasteiger partial charge in [-0.3, -0.25) is 4.79 Å². The minimum absolute atomic E-state index is 0.345. The molecule has 0 atom stereocenters. The summed E-state index contributed by atoms with van der Waals surface area (Å²) in [5.74, 6) is -0.713. The molecule has 0 radical (unpaired) electrons. The van der Waals surface area contributed by atoms with Crippen LogP contribution in [0.25, 0.3) is 0 Å². The standard InChI is InChI=1S/C13H10BrF3N2O2/c1-19-7-8(14)6-11(19)12(20)18-9-2-4-10(5-3-9)21-13(15,16)17/h2-7H,1H3,(H,18,20). The number of nitrogens with zero attached hydrogens (tertiary/aromatic N) is 1. The van der Waals surface area contributed by atoms with Gasteiger partial charge >= 0.3 is 6.36 Å². The summed E-state index contributed by atoms with van der Waals surface area (Å²) in [7, 11) is 1.71. The van der Waals surface area contributed by atoms with Crippen molar-refractivity contribution >= 4 is 27.5 Å². The molecule has 0 bridgehead atoms. The highest BCUT2D eigenvalue weighted by atomic mass is 79.9. The highest BCUT2D eigenvalue weighted by Crippen LogP contribution is 2.24. The topological polar surface area (TPSA) is 43.3 Å². The van der Waals surface area contributed by atoms with Gasteiger partial charge in [-0.05, 0) is 46.3 Å². The van der Waals surface area contributed by atoms with Crippen molar-refractivity contribution in [3.63, 3.8) is 0 Å². The predicted octanol–water partition coefficient (Wildman–Crippen LogP) is 3.94. The van der Waals surface area contributed by atoms with Crippen LogP contribution < -0.4 is 10.1 Å². The molecular weight excluding hydrogens is 353 g/mol. The molecule has 0 aliphatic heterocycles. The number of halogens is 4. The van der Waals surface area contributed by atoms with Gasteiger partial charge in [0.05, 0.1) is 0 Å². The minimum Gasteiger partial charge on any atom is -0.406 e. The van der Waals surface area contributed by atoms with Gasteiger partial charge in [-0.25, -0.2) is 0 Å². The number of carbonyl (C=O) groups is 1. The maximum atomic E-state index is 12.0. The number of alkyl halides is 3. The minimum atomic E-state index is -4.74. The summed E-state index contributed by atoms with van der Waals surface area (Å²) in [6.45, 7) is 0. The molecule has 1 amide bonds. The van der Waals surface area contributed by atoms with Gasteiger partial charge in [0.15, 0.2) is 0 Å². The molecule has 1 N–H and O–H groups in total. The van der Waals surface area contributed by atoms with Crippen LogP contribution >= 0.6 is 15.9 Å². The van der Waals surface area contributed by atoms with E-state index in [9.17, 15) is 18.0 Å². The second-order valence-corrected chi connectivity index (χ2v) is 5.10. The van der Waals surface area contributed by atoms with Crippen LogP contribution in [0.5, 0.6) is 5.75 Å². The van der Waals surface area contributed by atoms with E-state index in [1.807, 2.05) is 0 Å². The number of rotatable bonds is 3. The van der Waals surface area contributed by atoms with Crippen LogP contribution in [0, 0.1) is 0 Å². The second kappa shape index (κ2) is 5.80. The van der Waals surface area contributed by atoms with E-state index in [0.717, 1.165) is 16.6 Å². The van der Waals surface area contributed by atoms with Crippen molar-refractivity contribution in [2.24, 2.45) is 7.05 Å². The molecule has 1 heterocycles. The SMILES string of the molecule is Cn1cc(Br)cc1C(=O)Nc1ccc(OC(F)(F)F)cc1. The van der Waals surface area contributed by atoms with E-state index in [0.29, 0.717) is 11.4 Å². The summed E-state index contributed by atoms with van der Waals surface area (Å²) in [5.41, 5.74) is 0.782. The Kier molecular flexibility index (Phi) is 4.26. The summed E-state index contributed by atoms with van der Waals surface area (Å²) in [4.78, 5) is 12.0. The molecule has 8 heteroatoms. The lowest BCUT2D eigenvalue weighted by atomic mass is 10.3. The number of ether oxygens (including phenoxy) is 1. The number of nitrogens with one attached hydrogen (secondary N) is 1. The van der Waals surface area contributed by atoms with E-state index >= 15 is 0 Å². The zero-order valence-electron chi connectivity index (χ0n) is 10.7. The fourth-order valence-corrected chi connectivity index (χ4v) is 2.21. The fourth-order valence-electron chi connectivity index (χ4n) is 1.69. The summed E-state index contributed by atoms with van der Waals surface area (Å²) in [6, 6.07) is 6.55. The molecule has 2 rings (SSSR count). The van der Waals surface area contributed by atoms with Crippen LogP contribution in [0.3, 0.4) is 0 Å². The van der Waals surface area contributed by atoms with E-state index in [-0.39, 0.29) is 11.7 Å². The zero-order valence-corrected chi connectivity index (χ0v) is 12.3. The first-order chi connectivity index (χ1) is 9.74. The quantitative estimate of drug-likeness (QED) is 0.898. The Morgan fingerprint density at radius 2 is 1.90 bits per heavy atom. The molecule has 2 aromatic rings. The Balaban J connectivity index is 2.07. The number of benzene rings is 1. The average Bonchev–Trinajstić information content (AvgIpc) is 2.69. The molecule has 21 heavy (non-hydrogen) atoms. The Morgan fingerprint density at radius 1 is 1.29 bits per heavy atom. The first-order valence-electron chi connectivity index (χ1n) is 5.73. The number of hydrogen-bond donors (Lipinski definition) is 1. The molecule has 0 fully saturated rings. The number of hydrogen-bond acceptors (Lipinski definition) is 2. The van der Waals surface area contributed by atoms with E-state index in [4.69, 9.17) is 0 Å². The van der Waals surface area contributed by atoms with Crippen LogP contribution in [0.4, 0.5) is 18.9 Å². The fraction of sp³-hybridized carbons (Fsp3) is 0.154. The summed E-state index contributed by atoms with van der Waals surface area (Å²) >= 11 is 3.25. The van der Waals surface area contributed by atoms with Crippen LogP contribution in [0.15, 0.2) is 41.0 Å². The molecule has 112 valence electrons. The Hall–Kier alpha value is -1.96. The van der Waals surface area contributed by atoms with Gasteiger partial charge < -0.3 is 14.6 Å². The molecule has 0 unspecified atom stereocenters. The Morgan fingerprint density at radius 3 is 2.38 bits per heavy atom. The predicted molar refractivity (Wildman–Crippen MR) is 74.2 cm³/mol. The number of aromatic nitrogens is 1. The van der Waals surface area contributed by atoms with Crippen LogP contribution in [-0.2, 0) is 7.05 Å². The monoisotopic (exact) mass is 362 g/mol. The number of carbonyl (C=O) groups excluding carboxylic acids is 1. The smallest absolute Gasteiger partial charge is 0.406 e. The molecule has 0 aliphatic rings. The van der Waals surface area contributed by atoms with Crippen LogP contribution in [0.2, 0.25) is 0 Å². The van der Waals surface area contributed by atoms with Gasteiger partial charge in [-0.1, -0.05) is 0 Å². The molecule has 0 saturated heterocycles. The zero-order chi connectivity index (χ0) is 15.6. The second-order valence-electron chi connectivity index (χ2n) is 4.18. The molecule has 1 aromatic heterocycles. The van der Waals surface area contributed by atoms with Crippen molar-refractivity contribution in [2.45, 2.75) is 6.36 Å². The van der Waals surface area contributed by atoms with Crippen LogP contribution in [-0.4, -0.2) is 16.8 Å². The largest absolute Gasteiger partial charge is 0.573 e. The van der Waals surface area contributed by atoms with E-state index < -0.39 is 6.36 Å². The summed E-state index contributed by atoms with van der Waals surface area (Å²) in [6.07, 6.45) is -3.02. The van der Waals surface area contributed by atoms with Gasteiger partial charge in [-0.15, -0.1) is 13.2 Å². The highest BCUT2D eigenvalue weighted by Gasteiger charge is 2.30. The van der Waals surface area contributed by atoms with Gasteiger partial charge in [-0.2, -0.15) is 0 Å². The van der Waals surface area contributed by atoms with Crippen LogP contribution in [0.1, 0.15) is 10.5 Å². The van der Waals surface area contributed by atoms with Gasteiger partial charge in [0, 0.05) is 23.4 Å². The number of anilines is 1. The Labute approximate surface area is 126 Å². The first kappa shape index (κ1) is 15.4. The molecule has 4 nitrogen and oxygen atoms in total. The third kappa shape index (κ3) is 4.25. The van der Waals surface area contributed by atoms with Crippen molar-refractivity contribution in [3.05, 3.63) is 46.7 Å². The lowest BCUT2D eigenvalue weighted by Gasteiger charge is -2.10. The Bertz CT molecular complexity index is 650. The molecule has 0 aliphatic carbocycles. The summed E-state index contributed by atoms with van der Waals surface area (Å²) < 4.78 is 42.2. The van der Waals surface area contributed by atoms with Crippen molar-refractivity contribution in [3.8, 4) is 5.75 Å². The van der Waals surface area contributed by atoms with Gasteiger partial charge in [0.1, 0.15) is 11.4 Å². The van der Waals surface area contributed by atoms with Crippen molar-refractivity contribution in [1.29, 1.82) is 0 Å². The average molecular weight is 363 g/mol. The molecule has 0 spiro atoms. The lowest BCUT2D eigenvalue weighted by molar-refractivity contribution is -0.274. The normalized spacial score (nSPS) is 11.3. The maximum absolute atomic E-state index is 12.0. The highest BCUT2D eigenvalue weighted by molar-refractivity contribution is 9.10. The molecular formula is C13H10BrF3N2O2. The maximum Gasteiger partial charge on any atom is 0.573 e. The van der Waals surface area contributed by atoms with Crippen molar-refractivity contribution in [2.75, 3.05) is 5.32 Å². The molecule has 1 aromatic carbocycles. The summed E-state index contributed by atoms with van der Waals surface area (Å²) in [5, 5.41) is 2.59. The van der Waals surface area contributed by atoms with E-state index in [1.165, 1.54) is 12.1 Å². The van der Waals surface area contributed by atoms with Crippen molar-refractivity contribution < 1.29 is 22.7 Å². The first-order valence-corrected chi connectivity index (χ1v) is 6.53. The number of amides is 1. The molecule has 0 saturated carbocycles. The lowest BCUT2D eigenvalue weighted by Crippen LogP contribution is -2.17. The van der Waals surface area contributed by atoms with Crippen molar-refractivity contribution in [1.82, 2.24) is 4.57 Å². The third-order valence-electron chi connectivity index (χ3n) is 2.55. The van der Waals surface area contributed by atoms with Gasteiger partial charge in [0.25, 0.3) is 5.91 Å².